The number of rotatable bonds is 5. The number of hydrogen-bond acceptors (Lipinski definition) is 6. The SMILES string of the molecule is COc1cc(NCc2cnc(C)cn2)cc([N+](=O)[O-])c1. The largest absolute Gasteiger partial charge is 0.496 e. The van der Waals surface area contributed by atoms with Crippen LogP contribution in [0.4, 0.5) is 11.4 Å². The maximum atomic E-state index is 10.8. The van der Waals surface area contributed by atoms with Gasteiger partial charge in [-0.15, -0.1) is 0 Å². The summed E-state index contributed by atoms with van der Waals surface area (Å²) >= 11 is 0. The van der Waals surface area contributed by atoms with E-state index in [9.17, 15) is 10.1 Å². The minimum atomic E-state index is -0.459. The highest BCUT2D eigenvalue weighted by atomic mass is 16.6. The molecule has 0 spiro atoms. The molecular weight excluding hydrogens is 260 g/mol. The zero-order valence-electron chi connectivity index (χ0n) is 11.2. The van der Waals surface area contributed by atoms with Gasteiger partial charge in [-0.25, -0.2) is 0 Å². The second kappa shape index (κ2) is 5.96. The van der Waals surface area contributed by atoms with Gasteiger partial charge in [0.1, 0.15) is 5.75 Å². The molecule has 0 aliphatic rings. The molecule has 0 fully saturated rings. The molecule has 1 N–H and O–H groups in total. The Balaban J connectivity index is 2.14. The van der Waals surface area contributed by atoms with Crippen molar-refractivity contribution in [2.75, 3.05) is 12.4 Å². The van der Waals surface area contributed by atoms with E-state index in [4.69, 9.17) is 4.74 Å². The molecule has 1 aromatic heterocycles. The van der Waals surface area contributed by atoms with Crippen LogP contribution in [0.2, 0.25) is 0 Å². The van der Waals surface area contributed by atoms with Crippen molar-refractivity contribution >= 4 is 11.4 Å². The first-order valence-electron chi connectivity index (χ1n) is 5.93. The third kappa shape index (κ3) is 3.41. The molecule has 0 aliphatic heterocycles. The summed E-state index contributed by atoms with van der Waals surface area (Å²) in [5, 5.41) is 13.9. The number of benzene rings is 1. The molecule has 0 saturated heterocycles. The Hall–Kier alpha value is -2.70. The van der Waals surface area contributed by atoms with E-state index in [0.29, 0.717) is 18.0 Å². The van der Waals surface area contributed by atoms with E-state index in [2.05, 4.69) is 15.3 Å². The molecule has 104 valence electrons. The van der Waals surface area contributed by atoms with Crippen molar-refractivity contribution in [2.24, 2.45) is 0 Å². The Morgan fingerprint density at radius 1 is 1.30 bits per heavy atom. The topological polar surface area (TPSA) is 90.2 Å². The number of aryl methyl sites for hydroxylation is 1. The first-order chi connectivity index (χ1) is 9.58. The van der Waals surface area contributed by atoms with Gasteiger partial charge in [-0.05, 0) is 6.92 Å². The number of non-ortho nitro benzene ring substituents is 1. The Kier molecular flexibility index (Phi) is 4.09. The van der Waals surface area contributed by atoms with Gasteiger partial charge in [0.2, 0.25) is 0 Å². The van der Waals surface area contributed by atoms with Crippen LogP contribution < -0.4 is 10.1 Å². The number of aromatic nitrogens is 2. The zero-order chi connectivity index (χ0) is 14.5. The van der Waals surface area contributed by atoms with Crippen molar-refractivity contribution in [3.8, 4) is 5.75 Å². The van der Waals surface area contributed by atoms with Crippen LogP contribution in [0.5, 0.6) is 5.75 Å². The second-order valence-electron chi connectivity index (χ2n) is 4.18. The lowest BCUT2D eigenvalue weighted by molar-refractivity contribution is -0.384. The van der Waals surface area contributed by atoms with Crippen LogP contribution in [0.1, 0.15) is 11.4 Å². The van der Waals surface area contributed by atoms with E-state index < -0.39 is 4.92 Å². The minimum absolute atomic E-state index is 0.0261. The van der Waals surface area contributed by atoms with Crippen molar-refractivity contribution in [1.29, 1.82) is 0 Å². The van der Waals surface area contributed by atoms with Crippen molar-refractivity contribution < 1.29 is 9.66 Å². The number of methoxy groups -OCH3 is 1. The fourth-order valence-corrected chi connectivity index (χ4v) is 1.61. The molecule has 1 heterocycles. The summed E-state index contributed by atoms with van der Waals surface area (Å²) < 4.78 is 5.04. The monoisotopic (exact) mass is 274 g/mol. The smallest absolute Gasteiger partial charge is 0.275 e. The van der Waals surface area contributed by atoms with Gasteiger partial charge in [0.15, 0.2) is 0 Å². The number of nitrogens with one attached hydrogen (secondary N) is 1. The van der Waals surface area contributed by atoms with E-state index >= 15 is 0 Å². The molecular formula is C13H14N4O3. The molecule has 0 saturated carbocycles. The molecule has 0 radical (unpaired) electrons. The first kappa shape index (κ1) is 13.7. The quantitative estimate of drug-likeness (QED) is 0.664. The second-order valence-corrected chi connectivity index (χ2v) is 4.18. The number of nitro benzene ring substituents is 1. The molecule has 0 aliphatic carbocycles. The predicted molar refractivity (Wildman–Crippen MR) is 73.7 cm³/mol. The van der Waals surface area contributed by atoms with E-state index in [1.54, 1.807) is 18.5 Å². The van der Waals surface area contributed by atoms with Gasteiger partial charge >= 0.3 is 0 Å². The normalized spacial score (nSPS) is 10.1. The maximum absolute atomic E-state index is 10.8. The fraction of sp³-hybridized carbons (Fsp3) is 0.231. The van der Waals surface area contributed by atoms with Crippen molar-refractivity contribution in [1.82, 2.24) is 9.97 Å². The molecule has 0 atom stereocenters. The first-order valence-corrected chi connectivity index (χ1v) is 5.93. The van der Waals surface area contributed by atoms with Crippen LogP contribution in [0.25, 0.3) is 0 Å². The van der Waals surface area contributed by atoms with Gasteiger partial charge in [-0.2, -0.15) is 0 Å². The summed E-state index contributed by atoms with van der Waals surface area (Å²) in [6.07, 6.45) is 3.34. The minimum Gasteiger partial charge on any atom is -0.496 e. The highest BCUT2D eigenvalue weighted by Gasteiger charge is 2.10. The third-order valence-corrected chi connectivity index (χ3v) is 2.65. The zero-order valence-corrected chi connectivity index (χ0v) is 11.2. The number of anilines is 1. The van der Waals surface area contributed by atoms with E-state index in [1.165, 1.54) is 19.2 Å². The van der Waals surface area contributed by atoms with Crippen LogP contribution in [0.3, 0.4) is 0 Å². The lowest BCUT2D eigenvalue weighted by Crippen LogP contribution is -2.03. The van der Waals surface area contributed by atoms with Crippen LogP contribution in [0, 0.1) is 17.0 Å². The highest BCUT2D eigenvalue weighted by Crippen LogP contribution is 2.25. The molecule has 1 aromatic carbocycles. The summed E-state index contributed by atoms with van der Waals surface area (Å²) in [6.45, 7) is 2.28. The Morgan fingerprint density at radius 2 is 2.10 bits per heavy atom. The van der Waals surface area contributed by atoms with Crippen molar-refractivity contribution in [3.05, 3.63) is 52.1 Å². The maximum Gasteiger partial charge on any atom is 0.275 e. The van der Waals surface area contributed by atoms with Gasteiger partial charge < -0.3 is 10.1 Å². The van der Waals surface area contributed by atoms with Gasteiger partial charge in [0.25, 0.3) is 5.69 Å². The van der Waals surface area contributed by atoms with Crippen molar-refractivity contribution in [2.45, 2.75) is 13.5 Å². The van der Waals surface area contributed by atoms with Gasteiger partial charge in [-0.3, -0.25) is 20.1 Å². The lowest BCUT2D eigenvalue weighted by Gasteiger charge is -2.08. The molecule has 2 aromatic rings. The average molecular weight is 274 g/mol. The Bertz CT molecular complexity index is 614. The molecule has 0 amide bonds. The van der Waals surface area contributed by atoms with E-state index in [1.807, 2.05) is 6.92 Å². The number of hydrogen-bond donors (Lipinski definition) is 1. The predicted octanol–water partition coefficient (Wildman–Crippen LogP) is 2.31. The molecule has 20 heavy (non-hydrogen) atoms. The summed E-state index contributed by atoms with van der Waals surface area (Å²) in [5.74, 6) is 0.427. The van der Waals surface area contributed by atoms with Crippen LogP contribution >= 0.6 is 0 Å². The summed E-state index contributed by atoms with van der Waals surface area (Å²) in [6, 6.07) is 4.51. The third-order valence-electron chi connectivity index (χ3n) is 2.65. The van der Waals surface area contributed by atoms with Crippen LogP contribution in [0.15, 0.2) is 30.6 Å². The van der Waals surface area contributed by atoms with Crippen LogP contribution in [-0.2, 0) is 6.54 Å². The number of nitrogens with zero attached hydrogens (tertiary/aromatic N) is 3. The molecule has 7 nitrogen and oxygen atoms in total. The van der Waals surface area contributed by atoms with E-state index in [-0.39, 0.29) is 5.69 Å². The number of nitro groups is 1. The Labute approximate surface area is 115 Å². The molecule has 0 unspecified atom stereocenters. The summed E-state index contributed by atoms with van der Waals surface area (Å²) in [5.41, 5.74) is 2.16. The fourth-order valence-electron chi connectivity index (χ4n) is 1.61. The molecule has 7 heteroatoms. The van der Waals surface area contributed by atoms with Crippen LogP contribution in [-0.4, -0.2) is 22.0 Å². The summed E-state index contributed by atoms with van der Waals surface area (Å²) in [7, 11) is 1.47. The highest BCUT2D eigenvalue weighted by molar-refractivity contribution is 5.56. The number of ether oxygens (including phenoxy) is 1. The van der Waals surface area contributed by atoms with Gasteiger partial charge in [0.05, 0.1) is 42.2 Å². The molecule has 0 bridgehead atoms. The average Bonchev–Trinajstić information content (AvgIpc) is 2.46. The van der Waals surface area contributed by atoms with Gasteiger partial charge in [-0.1, -0.05) is 0 Å². The van der Waals surface area contributed by atoms with Crippen molar-refractivity contribution in [3.63, 3.8) is 0 Å². The summed E-state index contributed by atoms with van der Waals surface area (Å²) in [4.78, 5) is 18.7. The lowest BCUT2D eigenvalue weighted by atomic mass is 10.2. The standard InChI is InChI=1S/C13H14N4O3/c1-9-6-15-11(7-14-9)8-16-10-3-12(17(18)19)5-13(4-10)20-2/h3-7,16H,8H2,1-2H3. The van der Waals surface area contributed by atoms with E-state index in [0.717, 1.165) is 11.4 Å². The Morgan fingerprint density at radius 3 is 2.70 bits per heavy atom. The van der Waals surface area contributed by atoms with Gasteiger partial charge in [0, 0.05) is 24.0 Å². The molecule has 2 rings (SSSR count).